The summed E-state index contributed by atoms with van der Waals surface area (Å²) in [6, 6.07) is 22.2. The zero-order valence-corrected chi connectivity index (χ0v) is 16.6. The highest BCUT2D eigenvalue weighted by atomic mass is 16.2. The molecule has 3 amide bonds. The third-order valence-electron chi connectivity index (χ3n) is 5.35. The molecule has 1 heterocycles. The molecule has 0 radical (unpaired) electrons. The maximum absolute atomic E-state index is 12.5. The van der Waals surface area contributed by atoms with Crippen molar-refractivity contribution in [2.75, 3.05) is 18.5 Å². The van der Waals surface area contributed by atoms with Crippen molar-refractivity contribution in [3.63, 3.8) is 0 Å². The second kappa shape index (κ2) is 8.35. The van der Waals surface area contributed by atoms with Crippen molar-refractivity contribution in [2.24, 2.45) is 0 Å². The van der Waals surface area contributed by atoms with Crippen LogP contribution in [0.2, 0.25) is 0 Å². The molecule has 0 unspecified atom stereocenters. The fraction of sp³-hybridized carbons (Fsp3) is 0.250. The molecule has 148 valence electrons. The summed E-state index contributed by atoms with van der Waals surface area (Å²) < 4.78 is 0. The van der Waals surface area contributed by atoms with E-state index in [1.807, 2.05) is 41.3 Å². The number of benzene rings is 3. The number of hydrogen-bond acceptors (Lipinski definition) is 2. The van der Waals surface area contributed by atoms with Crippen molar-refractivity contribution in [3.8, 4) is 0 Å². The van der Waals surface area contributed by atoms with Crippen LogP contribution in [0.5, 0.6) is 0 Å². The van der Waals surface area contributed by atoms with Gasteiger partial charge in [0.15, 0.2) is 0 Å². The molecule has 3 aromatic carbocycles. The van der Waals surface area contributed by atoms with Crippen molar-refractivity contribution >= 4 is 28.4 Å². The Morgan fingerprint density at radius 1 is 1.00 bits per heavy atom. The number of urea groups is 1. The number of fused-ring (bicyclic) bond motifs is 1. The zero-order chi connectivity index (χ0) is 20.2. The predicted molar refractivity (Wildman–Crippen MR) is 116 cm³/mol. The van der Waals surface area contributed by atoms with Crippen molar-refractivity contribution in [1.29, 1.82) is 0 Å². The molecule has 0 saturated carbocycles. The van der Waals surface area contributed by atoms with Gasteiger partial charge >= 0.3 is 6.03 Å². The number of carbonyl (C=O) groups is 2. The first-order chi connectivity index (χ1) is 14.1. The molecule has 5 nitrogen and oxygen atoms in total. The lowest BCUT2D eigenvalue weighted by atomic mass is 10.1. The minimum atomic E-state index is -0.114. The van der Waals surface area contributed by atoms with Crippen LogP contribution in [0.4, 0.5) is 10.5 Å². The lowest BCUT2D eigenvalue weighted by Crippen LogP contribution is -2.36. The number of amides is 3. The molecule has 0 atom stereocenters. The number of anilines is 1. The highest BCUT2D eigenvalue weighted by Crippen LogP contribution is 2.21. The van der Waals surface area contributed by atoms with Crippen molar-refractivity contribution in [1.82, 2.24) is 10.2 Å². The van der Waals surface area contributed by atoms with E-state index in [4.69, 9.17) is 0 Å². The zero-order valence-electron chi connectivity index (χ0n) is 16.6. The van der Waals surface area contributed by atoms with Gasteiger partial charge in [-0.25, -0.2) is 4.79 Å². The highest BCUT2D eigenvalue weighted by Gasteiger charge is 2.21. The molecule has 1 fully saturated rings. The molecule has 5 heteroatoms. The van der Waals surface area contributed by atoms with Crippen LogP contribution in [0.3, 0.4) is 0 Å². The van der Waals surface area contributed by atoms with Crippen LogP contribution in [0.15, 0.2) is 66.7 Å². The Kier molecular flexibility index (Phi) is 5.47. The number of carbonyl (C=O) groups excluding carboxylic acids is 2. The summed E-state index contributed by atoms with van der Waals surface area (Å²) in [5, 5.41) is 5.33. The molecular weight excluding hydrogens is 362 g/mol. The molecule has 1 N–H and O–H groups in total. The van der Waals surface area contributed by atoms with E-state index >= 15 is 0 Å². The first-order valence-corrected chi connectivity index (χ1v) is 9.96. The Balaban J connectivity index is 1.32. The third-order valence-corrected chi connectivity index (χ3v) is 5.35. The largest absolute Gasteiger partial charge is 0.334 e. The van der Waals surface area contributed by atoms with Gasteiger partial charge in [0.25, 0.3) is 0 Å². The smallest absolute Gasteiger partial charge is 0.317 e. The molecule has 0 aromatic heterocycles. The first-order valence-electron chi connectivity index (χ1n) is 9.96. The highest BCUT2D eigenvalue weighted by molar-refractivity contribution is 5.95. The van der Waals surface area contributed by atoms with Gasteiger partial charge in [-0.2, -0.15) is 0 Å². The summed E-state index contributed by atoms with van der Waals surface area (Å²) in [7, 11) is 1.80. The van der Waals surface area contributed by atoms with Gasteiger partial charge in [-0.3, -0.25) is 4.79 Å². The van der Waals surface area contributed by atoms with Crippen LogP contribution in [-0.2, 0) is 17.9 Å². The fourth-order valence-electron chi connectivity index (χ4n) is 3.71. The molecule has 1 saturated heterocycles. The topological polar surface area (TPSA) is 52.7 Å². The van der Waals surface area contributed by atoms with E-state index in [0.717, 1.165) is 29.8 Å². The van der Waals surface area contributed by atoms with E-state index in [1.165, 1.54) is 10.8 Å². The number of hydrogen-bond donors (Lipinski definition) is 1. The van der Waals surface area contributed by atoms with Gasteiger partial charge in [0.05, 0.1) is 0 Å². The van der Waals surface area contributed by atoms with Crippen molar-refractivity contribution < 1.29 is 9.59 Å². The van der Waals surface area contributed by atoms with Gasteiger partial charge in [-0.1, -0.05) is 48.5 Å². The Morgan fingerprint density at radius 2 is 1.72 bits per heavy atom. The van der Waals surface area contributed by atoms with Gasteiger partial charge in [-0.05, 0) is 46.5 Å². The summed E-state index contributed by atoms with van der Waals surface area (Å²) in [5.74, 6) is 0.182. The van der Waals surface area contributed by atoms with E-state index in [2.05, 4.69) is 35.6 Å². The molecule has 4 rings (SSSR count). The Bertz CT molecular complexity index is 1030. The van der Waals surface area contributed by atoms with Crippen LogP contribution >= 0.6 is 0 Å². The average Bonchev–Trinajstić information content (AvgIpc) is 3.18. The molecule has 1 aliphatic rings. The Morgan fingerprint density at radius 3 is 2.45 bits per heavy atom. The normalized spacial score (nSPS) is 13.7. The van der Waals surface area contributed by atoms with Crippen LogP contribution in [0.1, 0.15) is 24.0 Å². The van der Waals surface area contributed by atoms with E-state index in [0.29, 0.717) is 19.5 Å². The van der Waals surface area contributed by atoms with Crippen LogP contribution < -0.4 is 10.2 Å². The number of nitrogens with one attached hydrogen (secondary N) is 1. The maximum atomic E-state index is 12.5. The minimum Gasteiger partial charge on any atom is -0.334 e. The molecule has 0 spiro atoms. The lowest BCUT2D eigenvalue weighted by Gasteiger charge is -2.19. The second-order valence-electron chi connectivity index (χ2n) is 7.51. The summed E-state index contributed by atoms with van der Waals surface area (Å²) in [4.78, 5) is 27.8. The van der Waals surface area contributed by atoms with E-state index < -0.39 is 0 Å². The van der Waals surface area contributed by atoms with Crippen molar-refractivity contribution in [3.05, 3.63) is 77.9 Å². The van der Waals surface area contributed by atoms with E-state index in [1.54, 1.807) is 11.9 Å². The predicted octanol–water partition coefficient (Wildman–Crippen LogP) is 4.31. The summed E-state index contributed by atoms with van der Waals surface area (Å²) in [5.41, 5.74) is 3.03. The summed E-state index contributed by atoms with van der Waals surface area (Å²) in [6.45, 7) is 1.79. The number of nitrogens with zero attached hydrogens (tertiary/aromatic N) is 2. The van der Waals surface area contributed by atoms with Gasteiger partial charge < -0.3 is 15.1 Å². The molecule has 3 aromatic rings. The standard InChI is InChI=1S/C24H25N3O2/c1-26(17-19-8-11-20-5-2-3-6-21(20)15-19)24(29)25-16-18-9-12-22(13-10-18)27-14-4-7-23(27)28/h2-3,5-6,8-13,15H,4,7,14,16-17H2,1H3,(H,25,29). The summed E-state index contributed by atoms with van der Waals surface area (Å²) >= 11 is 0. The third kappa shape index (κ3) is 4.40. The lowest BCUT2D eigenvalue weighted by molar-refractivity contribution is -0.117. The Labute approximate surface area is 170 Å². The summed E-state index contributed by atoms with van der Waals surface area (Å²) in [6.07, 6.45) is 1.54. The van der Waals surface area contributed by atoms with Crippen LogP contribution in [0, 0.1) is 0 Å². The van der Waals surface area contributed by atoms with Crippen LogP contribution in [0.25, 0.3) is 10.8 Å². The first kappa shape index (κ1) is 19.0. The second-order valence-corrected chi connectivity index (χ2v) is 7.51. The fourth-order valence-corrected chi connectivity index (χ4v) is 3.71. The maximum Gasteiger partial charge on any atom is 0.317 e. The molecule has 0 aliphatic carbocycles. The van der Waals surface area contributed by atoms with Crippen molar-refractivity contribution in [2.45, 2.75) is 25.9 Å². The Hall–Kier alpha value is -3.34. The molecule has 0 bridgehead atoms. The van der Waals surface area contributed by atoms with Gasteiger partial charge in [-0.15, -0.1) is 0 Å². The van der Waals surface area contributed by atoms with E-state index in [9.17, 15) is 9.59 Å². The van der Waals surface area contributed by atoms with Crippen LogP contribution in [-0.4, -0.2) is 30.4 Å². The van der Waals surface area contributed by atoms with Gasteiger partial charge in [0, 0.05) is 38.8 Å². The van der Waals surface area contributed by atoms with E-state index in [-0.39, 0.29) is 11.9 Å². The minimum absolute atomic E-state index is 0.114. The average molecular weight is 387 g/mol. The molecular formula is C24H25N3O2. The monoisotopic (exact) mass is 387 g/mol. The molecule has 29 heavy (non-hydrogen) atoms. The quantitative estimate of drug-likeness (QED) is 0.709. The SMILES string of the molecule is CN(Cc1ccc2ccccc2c1)C(=O)NCc1ccc(N2CCCC2=O)cc1. The van der Waals surface area contributed by atoms with Gasteiger partial charge in [0.2, 0.25) is 5.91 Å². The van der Waals surface area contributed by atoms with Gasteiger partial charge in [0.1, 0.15) is 0 Å². The molecule has 1 aliphatic heterocycles. The number of rotatable bonds is 5.